The van der Waals surface area contributed by atoms with E-state index in [0.717, 1.165) is 26.1 Å². The second-order valence-electron chi connectivity index (χ2n) is 4.70. The first-order valence-electron chi connectivity index (χ1n) is 5.72. The van der Waals surface area contributed by atoms with Gasteiger partial charge >= 0.3 is 0 Å². The van der Waals surface area contributed by atoms with Crippen molar-refractivity contribution in [2.75, 3.05) is 19.6 Å². The highest BCUT2D eigenvalue weighted by Crippen LogP contribution is 2.23. The first-order valence-corrected chi connectivity index (χ1v) is 5.72. The average Bonchev–Trinajstić information content (AvgIpc) is 2.16. The molecule has 0 amide bonds. The maximum atomic E-state index is 9.83. The van der Waals surface area contributed by atoms with Crippen LogP contribution in [0.4, 0.5) is 0 Å². The van der Waals surface area contributed by atoms with Gasteiger partial charge in [-0.15, -0.1) is 0 Å². The van der Waals surface area contributed by atoms with Gasteiger partial charge in [-0.05, 0) is 18.3 Å². The van der Waals surface area contributed by atoms with E-state index in [-0.39, 0.29) is 6.10 Å². The van der Waals surface area contributed by atoms with E-state index in [1.165, 1.54) is 0 Å². The van der Waals surface area contributed by atoms with E-state index in [0.29, 0.717) is 17.9 Å². The summed E-state index contributed by atoms with van der Waals surface area (Å²) in [5.74, 6) is 0.749. The van der Waals surface area contributed by atoms with E-state index in [1.54, 1.807) is 0 Å². The summed E-state index contributed by atoms with van der Waals surface area (Å²) < 4.78 is 0. The molecule has 1 fully saturated rings. The zero-order chi connectivity index (χ0) is 10.7. The molecule has 0 aromatic heterocycles. The Morgan fingerprint density at radius 3 is 2.21 bits per heavy atom. The number of hydrogen-bond donors (Lipinski definition) is 2. The fraction of sp³-hybridized carbons (Fsp3) is 1.00. The van der Waals surface area contributed by atoms with Crippen molar-refractivity contribution >= 4 is 0 Å². The van der Waals surface area contributed by atoms with Gasteiger partial charge in [0.05, 0.1) is 6.10 Å². The Kier molecular flexibility index (Phi) is 4.35. The van der Waals surface area contributed by atoms with Crippen molar-refractivity contribution in [3.8, 4) is 0 Å². The van der Waals surface area contributed by atoms with Gasteiger partial charge < -0.3 is 10.8 Å². The summed E-state index contributed by atoms with van der Waals surface area (Å²) in [4.78, 5) is 2.43. The first-order chi connectivity index (χ1) is 6.60. The molecule has 84 valence electrons. The van der Waals surface area contributed by atoms with Crippen molar-refractivity contribution in [1.29, 1.82) is 0 Å². The second kappa shape index (κ2) is 5.10. The highest BCUT2D eigenvalue weighted by atomic mass is 16.3. The van der Waals surface area contributed by atoms with Crippen LogP contribution in [0.1, 0.15) is 27.2 Å². The number of rotatable bonds is 3. The number of nitrogens with zero attached hydrogens (tertiary/aromatic N) is 1. The molecule has 3 heteroatoms. The van der Waals surface area contributed by atoms with Crippen LogP contribution in [0.15, 0.2) is 0 Å². The molecule has 0 bridgehead atoms. The summed E-state index contributed by atoms with van der Waals surface area (Å²) in [6.45, 7) is 9.12. The zero-order valence-corrected chi connectivity index (χ0v) is 9.61. The Morgan fingerprint density at radius 2 is 1.86 bits per heavy atom. The molecule has 14 heavy (non-hydrogen) atoms. The lowest BCUT2D eigenvalue weighted by Gasteiger charge is -2.42. The minimum Gasteiger partial charge on any atom is -0.392 e. The van der Waals surface area contributed by atoms with Gasteiger partial charge in [-0.1, -0.05) is 20.8 Å². The molecule has 3 atom stereocenters. The van der Waals surface area contributed by atoms with Crippen LogP contribution in [-0.2, 0) is 0 Å². The third kappa shape index (κ3) is 2.47. The molecule has 3 unspecified atom stereocenters. The summed E-state index contributed by atoms with van der Waals surface area (Å²) >= 11 is 0. The number of piperidine rings is 1. The van der Waals surface area contributed by atoms with Crippen molar-refractivity contribution in [2.24, 2.45) is 17.6 Å². The SMILES string of the molecule is CCC(CN)N1CC(C)C(O)C(C)C1. The summed E-state index contributed by atoms with van der Waals surface area (Å²) in [6.07, 6.45) is 0.966. The highest BCUT2D eigenvalue weighted by molar-refractivity contribution is 4.85. The normalized spacial score (nSPS) is 37.1. The smallest absolute Gasteiger partial charge is 0.0615 e. The van der Waals surface area contributed by atoms with Crippen LogP contribution in [0.5, 0.6) is 0 Å². The van der Waals surface area contributed by atoms with Crippen LogP contribution in [0.3, 0.4) is 0 Å². The van der Waals surface area contributed by atoms with Crippen molar-refractivity contribution in [1.82, 2.24) is 4.90 Å². The van der Waals surface area contributed by atoms with Crippen molar-refractivity contribution in [3.05, 3.63) is 0 Å². The Bertz CT molecular complexity index is 159. The van der Waals surface area contributed by atoms with E-state index in [4.69, 9.17) is 5.73 Å². The monoisotopic (exact) mass is 200 g/mol. The van der Waals surface area contributed by atoms with Crippen LogP contribution >= 0.6 is 0 Å². The number of nitrogens with two attached hydrogens (primary N) is 1. The van der Waals surface area contributed by atoms with Crippen LogP contribution < -0.4 is 5.73 Å². The average molecular weight is 200 g/mol. The van der Waals surface area contributed by atoms with Crippen LogP contribution in [0, 0.1) is 11.8 Å². The van der Waals surface area contributed by atoms with Gasteiger partial charge in [-0.25, -0.2) is 0 Å². The molecule has 1 rings (SSSR count). The van der Waals surface area contributed by atoms with Gasteiger partial charge in [0.15, 0.2) is 0 Å². The summed E-state index contributed by atoms with van der Waals surface area (Å²) in [6, 6.07) is 0.493. The zero-order valence-electron chi connectivity index (χ0n) is 9.61. The minimum atomic E-state index is -0.137. The number of likely N-dealkylation sites (tertiary alicyclic amines) is 1. The summed E-state index contributed by atoms with van der Waals surface area (Å²) in [7, 11) is 0. The fourth-order valence-electron chi connectivity index (χ4n) is 2.46. The fourth-order valence-corrected chi connectivity index (χ4v) is 2.46. The van der Waals surface area contributed by atoms with Gasteiger partial charge in [0.2, 0.25) is 0 Å². The van der Waals surface area contributed by atoms with Gasteiger partial charge in [-0.2, -0.15) is 0 Å². The highest BCUT2D eigenvalue weighted by Gasteiger charge is 2.32. The molecule has 0 aliphatic carbocycles. The Hall–Kier alpha value is -0.120. The molecular formula is C11H24N2O. The molecule has 0 saturated carbocycles. The largest absolute Gasteiger partial charge is 0.392 e. The van der Waals surface area contributed by atoms with E-state index in [2.05, 4.69) is 25.7 Å². The molecule has 1 aliphatic rings. The lowest BCUT2D eigenvalue weighted by atomic mass is 9.87. The second-order valence-corrected chi connectivity index (χ2v) is 4.70. The number of hydrogen-bond acceptors (Lipinski definition) is 3. The van der Waals surface area contributed by atoms with Crippen LogP contribution in [0.2, 0.25) is 0 Å². The van der Waals surface area contributed by atoms with E-state index < -0.39 is 0 Å². The lowest BCUT2D eigenvalue weighted by Crippen LogP contribution is -2.52. The Morgan fingerprint density at radius 1 is 1.36 bits per heavy atom. The maximum absolute atomic E-state index is 9.83. The van der Waals surface area contributed by atoms with E-state index in [9.17, 15) is 5.11 Å². The van der Waals surface area contributed by atoms with Crippen molar-refractivity contribution in [2.45, 2.75) is 39.3 Å². The number of aliphatic hydroxyl groups excluding tert-OH is 1. The van der Waals surface area contributed by atoms with Crippen molar-refractivity contribution in [3.63, 3.8) is 0 Å². The van der Waals surface area contributed by atoms with E-state index in [1.807, 2.05) is 0 Å². The predicted molar refractivity (Wildman–Crippen MR) is 59.0 cm³/mol. The first kappa shape index (κ1) is 12.0. The van der Waals surface area contributed by atoms with Gasteiger partial charge in [-0.3, -0.25) is 4.90 Å². The molecule has 0 aromatic rings. The maximum Gasteiger partial charge on any atom is 0.0615 e. The molecule has 0 spiro atoms. The lowest BCUT2D eigenvalue weighted by molar-refractivity contribution is -0.0222. The molecule has 1 aliphatic heterocycles. The summed E-state index contributed by atoms with van der Waals surface area (Å²) in [5, 5.41) is 9.83. The predicted octanol–water partition coefficient (Wildman–Crippen LogP) is 0.672. The van der Waals surface area contributed by atoms with Gasteiger partial charge in [0.1, 0.15) is 0 Å². The molecule has 0 aromatic carbocycles. The standard InChI is InChI=1S/C11H24N2O/c1-4-10(5-12)13-6-8(2)11(14)9(3)7-13/h8-11,14H,4-7,12H2,1-3H3. The van der Waals surface area contributed by atoms with Gasteiger partial charge in [0, 0.05) is 25.7 Å². The van der Waals surface area contributed by atoms with Crippen LogP contribution in [0.25, 0.3) is 0 Å². The van der Waals surface area contributed by atoms with E-state index >= 15 is 0 Å². The van der Waals surface area contributed by atoms with Crippen molar-refractivity contribution < 1.29 is 5.11 Å². The third-order valence-electron chi connectivity index (χ3n) is 3.47. The summed E-state index contributed by atoms with van der Waals surface area (Å²) in [5.41, 5.74) is 5.74. The minimum absolute atomic E-state index is 0.137. The van der Waals surface area contributed by atoms with Crippen LogP contribution in [-0.4, -0.2) is 41.8 Å². The third-order valence-corrected chi connectivity index (χ3v) is 3.47. The Labute approximate surface area is 87.3 Å². The number of aliphatic hydroxyl groups is 1. The molecular weight excluding hydrogens is 176 g/mol. The molecule has 1 heterocycles. The topological polar surface area (TPSA) is 49.5 Å². The molecule has 3 nitrogen and oxygen atoms in total. The Balaban J connectivity index is 2.56. The molecule has 1 saturated heterocycles. The molecule has 0 radical (unpaired) electrons. The van der Waals surface area contributed by atoms with Gasteiger partial charge in [0.25, 0.3) is 0 Å². The quantitative estimate of drug-likeness (QED) is 0.704. The molecule has 3 N–H and O–H groups in total.